The van der Waals surface area contributed by atoms with Gasteiger partial charge in [-0.15, -0.1) is 18.3 Å². The molecule has 4 aromatic rings. The number of hydrogen-bond donors (Lipinski definition) is 2. The highest BCUT2D eigenvalue weighted by Gasteiger charge is 2.33. The number of ether oxygens (including phenoxy) is 1. The summed E-state index contributed by atoms with van der Waals surface area (Å²) in [7, 11) is 0. The fourth-order valence-electron chi connectivity index (χ4n) is 3.45. The van der Waals surface area contributed by atoms with Crippen molar-refractivity contribution in [3.05, 3.63) is 47.5 Å². The van der Waals surface area contributed by atoms with Crippen molar-refractivity contribution in [2.75, 3.05) is 11.9 Å². The molecule has 0 bridgehead atoms. The zero-order valence-electron chi connectivity index (χ0n) is 18.9. The Balaban J connectivity index is 1.80. The highest BCUT2D eigenvalue weighted by Crippen LogP contribution is 2.35. The molecule has 35 heavy (non-hydrogen) atoms. The first-order chi connectivity index (χ1) is 16.7. The molecule has 0 fully saturated rings. The average Bonchev–Trinajstić information content (AvgIpc) is 3.24. The molecule has 0 aliphatic carbocycles. The number of carbonyl (C=O) groups excluding carboxylic acids is 1. The number of nitrogens with zero attached hydrogens (tertiary/aromatic N) is 4. The van der Waals surface area contributed by atoms with Gasteiger partial charge >= 0.3 is 6.36 Å². The Hall–Kier alpha value is -3.60. The van der Waals surface area contributed by atoms with E-state index in [9.17, 15) is 18.0 Å². The lowest BCUT2D eigenvalue weighted by Gasteiger charge is -2.15. The molecule has 0 radical (unpaired) electrons. The number of nitrogens with one attached hydrogen (secondary N) is 2. The summed E-state index contributed by atoms with van der Waals surface area (Å²) in [5.74, 6) is -0.568. The molecule has 1 atom stereocenters. The number of aromatic nitrogens is 4. The molecule has 0 unspecified atom stereocenters. The minimum Gasteiger partial charge on any atom is -0.405 e. The van der Waals surface area contributed by atoms with Crippen molar-refractivity contribution in [2.45, 2.75) is 39.1 Å². The van der Waals surface area contributed by atoms with E-state index in [1.54, 1.807) is 31.2 Å². The zero-order chi connectivity index (χ0) is 25.2. The average molecular weight is 507 g/mol. The van der Waals surface area contributed by atoms with Crippen LogP contribution in [0.4, 0.5) is 19.1 Å². The normalized spacial score (nSPS) is 12.6. The van der Waals surface area contributed by atoms with E-state index < -0.39 is 18.2 Å². The number of unbranched alkanes of at least 4 members (excludes halogenated alkanes) is 1. The predicted octanol–water partition coefficient (Wildman–Crippen LogP) is 5.21. The lowest BCUT2D eigenvalue weighted by atomic mass is 10.2. The number of benzene rings is 2. The number of hydrogen-bond acceptors (Lipinski definition) is 6. The summed E-state index contributed by atoms with van der Waals surface area (Å²) in [5.41, 5.74) is 0.915. The first-order valence-electron chi connectivity index (χ1n) is 10.9. The summed E-state index contributed by atoms with van der Waals surface area (Å²) in [4.78, 5) is 21.5. The Kier molecular flexibility index (Phi) is 6.97. The minimum atomic E-state index is -4.93. The van der Waals surface area contributed by atoms with Crippen LogP contribution in [0.2, 0.25) is 5.02 Å². The van der Waals surface area contributed by atoms with E-state index >= 15 is 0 Å². The van der Waals surface area contributed by atoms with Crippen molar-refractivity contribution >= 4 is 40.0 Å². The number of anilines is 1. The van der Waals surface area contributed by atoms with Gasteiger partial charge in [0.25, 0.3) is 0 Å². The van der Waals surface area contributed by atoms with E-state index in [0.717, 1.165) is 18.9 Å². The van der Waals surface area contributed by atoms with Gasteiger partial charge in [-0.05, 0) is 43.7 Å². The number of amides is 1. The quantitative estimate of drug-likeness (QED) is 0.318. The van der Waals surface area contributed by atoms with Gasteiger partial charge in [0, 0.05) is 17.0 Å². The van der Waals surface area contributed by atoms with Crippen LogP contribution in [0.1, 0.15) is 26.7 Å². The molecule has 0 saturated heterocycles. The van der Waals surface area contributed by atoms with E-state index in [2.05, 4.69) is 30.4 Å². The van der Waals surface area contributed by atoms with Crippen molar-refractivity contribution in [3.63, 3.8) is 0 Å². The molecule has 2 aromatic carbocycles. The largest absolute Gasteiger partial charge is 0.573 e. The van der Waals surface area contributed by atoms with Crippen LogP contribution in [0.15, 0.2) is 42.5 Å². The highest BCUT2D eigenvalue weighted by molar-refractivity contribution is 6.30. The topological polar surface area (TPSA) is 93.4 Å². The second kappa shape index (κ2) is 9.95. The summed E-state index contributed by atoms with van der Waals surface area (Å²) in [5, 5.41) is 11.0. The molecule has 2 aromatic heterocycles. The molecule has 0 aliphatic rings. The summed E-state index contributed by atoms with van der Waals surface area (Å²) in [6, 6.07) is 10.3. The van der Waals surface area contributed by atoms with Crippen LogP contribution in [0.3, 0.4) is 0 Å². The molecular weight excluding hydrogens is 485 g/mol. The molecule has 8 nitrogen and oxygen atoms in total. The minimum absolute atomic E-state index is 0.00388. The van der Waals surface area contributed by atoms with Gasteiger partial charge in [0.05, 0.1) is 11.1 Å². The van der Waals surface area contributed by atoms with Crippen molar-refractivity contribution in [3.8, 4) is 17.1 Å². The van der Waals surface area contributed by atoms with Crippen molar-refractivity contribution < 1.29 is 22.7 Å². The molecular formula is C23H22ClF3N6O2. The van der Waals surface area contributed by atoms with Crippen molar-refractivity contribution in [1.29, 1.82) is 0 Å². The van der Waals surface area contributed by atoms with Crippen molar-refractivity contribution in [1.82, 2.24) is 24.9 Å². The lowest BCUT2D eigenvalue weighted by molar-refractivity contribution is -0.274. The van der Waals surface area contributed by atoms with Crippen LogP contribution in [0.5, 0.6) is 5.75 Å². The van der Waals surface area contributed by atoms with Gasteiger partial charge in [-0.2, -0.15) is 4.52 Å². The monoisotopic (exact) mass is 506 g/mol. The van der Waals surface area contributed by atoms with Crippen LogP contribution in [-0.4, -0.2) is 44.4 Å². The van der Waals surface area contributed by atoms with Crippen molar-refractivity contribution in [2.24, 2.45) is 0 Å². The number of carbonyl (C=O) groups is 1. The highest BCUT2D eigenvalue weighted by atomic mass is 35.5. The van der Waals surface area contributed by atoms with Crippen LogP contribution in [0, 0.1) is 0 Å². The molecule has 184 valence electrons. The third kappa shape index (κ3) is 5.56. The maximum absolute atomic E-state index is 13.0. The Morgan fingerprint density at radius 2 is 1.97 bits per heavy atom. The Morgan fingerprint density at radius 1 is 1.20 bits per heavy atom. The molecule has 0 spiro atoms. The fraction of sp³-hybridized carbons (Fsp3) is 0.304. The van der Waals surface area contributed by atoms with Gasteiger partial charge in [0.15, 0.2) is 11.5 Å². The summed E-state index contributed by atoms with van der Waals surface area (Å²) < 4.78 is 44.5. The van der Waals surface area contributed by atoms with Gasteiger partial charge in [-0.1, -0.05) is 37.1 Å². The Bertz CT molecular complexity index is 1370. The maximum Gasteiger partial charge on any atom is 0.573 e. The first-order valence-corrected chi connectivity index (χ1v) is 11.3. The summed E-state index contributed by atoms with van der Waals surface area (Å²) in [6.45, 7) is 4.25. The first kappa shape index (κ1) is 24.5. The predicted molar refractivity (Wildman–Crippen MR) is 126 cm³/mol. The number of rotatable bonds is 8. The number of fused-ring (bicyclic) bond motifs is 3. The molecule has 0 saturated carbocycles. The lowest BCUT2D eigenvalue weighted by Crippen LogP contribution is -2.38. The van der Waals surface area contributed by atoms with Crippen LogP contribution in [-0.2, 0) is 4.79 Å². The van der Waals surface area contributed by atoms with Gasteiger partial charge < -0.3 is 15.4 Å². The SMILES string of the molecule is CCCCNC(=O)[C@H](C)Nc1nc2ccccc2c2nc(-c3ccc(Cl)cc3OC(F)(F)F)nn12. The number of alkyl halides is 3. The second-order valence-electron chi connectivity index (χ2n) is 7.82. The molecule has 2 heterocycles. The maximum atomic E-state index is 13.0. The molecule has 12 heteroatoms. The molecule has 1 amide bonds. The Labute approximate surface area is 203 Å². The van der Waals surface area contributed by atoms with Gasteiger partial charge in [-0.3, -0.25) is 4.79 Å². The van der Waals surface area contributed by atoms with E-state index in [0.29, 0.717) is 23.1 Å². The second-order valence-corrected chi connectivity index (χ2v) is 8.26. The molecule has 4 rings (SSSR count). The third-order valence-corrected chi connectivity index (χ3v) is 5.39. The van der Waals surface area contributed by atoms with Gasteiger partial charge in [0.2, 0.25) is 11.9 Å². The van der Waals surface area contributed by atoms with E-state index in [-0.39, 0.29) is 28.3 Å². The Morgan fingerprint density at radius 3 is 2.71 bits per heavy atom. The van der Waals surface area contributed by atoms with E-state index in [4.69, 9.17) is 11.6 Å². The summed E-state index contributed by atoms with van der Waals surface area (Å²) in [6.07, 6.45) is -3.13. The number of para-hydroxylation sites is 1. The smallest absolute Gasteiger partial charge is 0.405 e. The molecule has 0 aliphatic heterocycles. The van der Waals surface area contributed by atoms with Gasteiger partial charge in [0.1, 0.15) is 11.8 Å². The van der Waals surface area contributed by atoms with Crippen LogP contribution < -0.4 is 15.4 Å². The summed E-state index contributed by atoms with van der Waals surface area (Å²) >= 11 is 5.90. The number of halogens is 4. The zero-order valence-corrected chi connectivity index (χ0v) is 19.6. The third-order valence-electron chi connectivity index (χ3n) is 5.16. The van der Waals surface area contributed by atoms with Crippen LogP contribution in [0.25, 0.3) is 27.9 Å². The molecule has 2 N–H and O–H groups in total. The van der Waals surface area contributed by atoms with Crippen LogP contribution >= 0.6 is 11.6 Å². The van der Waals surface area contributed by atoms with Gasteiger partial charge in [-0.25, -0.2) is 9.97 Å². The standard InChI is InChI=1S/C23H22ClF3N6O2/c1-3-4-11-28-21(34)13(2)29-22-30-17-8-6-5-7-15(17)20-31-19(32-33(20)22)16-10-9-14(24)12-18(16)35-23(25,26)27/h5-10,12-13H,3-4,11H2,1-2H3,(H,28,34)(H,29,30)/t13-/m0/s1. The fourth-order valence-corrected chi connectivity index (χ4v) is 3.62. The van der Waals surface area contributed by atoms with E-state index in [1.807, 2.05) is 6.92 Å². The van der Waals surface area contributed by atoms with E-state index in [1.165, 1.54) is 16.6 Å².